The average molecular weight is 263 g/mol. The molecule has 0 aliphatic heterocycles. The molecule has 0 unspecified atom stereocenters. The van der Waals surface area contributed by atoms with Crippen molar-refractivity contribution in [2.75, 3.05) is 19.0 Å². The fourth-order valence-corrected chi connectivity index (χ4v) is 2.09. The summed E-state index contributed by atoms with van der Waals surface area (Å²) in [6, 6.07) is 0. The van der Waals surface area contributed by atoms with E-state index in [4.69, 9.17) is 4.74 Å². The number of nitrogens with one attached hydrogen (secondary N) is 1. The van der Waals surface area contributed by atoms with Gasteiger partial charge in [-0.2, -0.15) is 5.10 Å². The lowest BCUT2D eigenvalue weighted by Crippen LogP contribution is -2.10. The summed E-state index contributed by atoms with van der Waals surface area (Å²) in [6.45, 7) is 6.31. The highest BCUT2D eigenvalue weighted by atomic mass is 16.5. The maximum atomic E-state index is 5.08. The zero-order valence-electron chi connectivity index (χ0n) is 12.0. The minimum absolute atomic E-state index is 0.677. The fraction of sp³-hybridized carbons (Fsp3) is 0.538. The molecule has 1 N–H and O–H groups in total. The predicted molar refractivity (Wildman–Crippen MR) is 74.1 cm³/mol. The first kappa shape index (κ1) is 13.6. The normalized spacial score (nSPS) is 10.9. The molecule has 2 heterocycles. The van der Waals surface area contributed by atoms with Crippen molar-refractivity contribution in [3.8, 4) is 0 Å². The van der Waals surface area contributed by atoms with Crippen molar-refractivity contribution < 1.29 is 4.74 Å². The molecule has 0 aromatic carbocycles. The molecule has 104 valence electrons. The second-order valence-electron chi connectivity index (χ2n) is 4.56. The summed E-state index contributed by atoms with van der Waals surface area (Å²) in [4.78, 5) is 4.32. The summed E-state index contributed by atoms with van der Waals surface area (Å²) in [5, 5.41) is 7.77. The van der Waals surface area contributed by atoms with Crippen molar-refractivity contribution in [1.29, 1.82) is 0 Å². The number of aromatic nitrogens is 4. The second-order valence-corrected chi connectivity index (χ2v) is 4.56. The van der Waals surface area contributed by atoms with Crippen LogP contribution in [0.1, 0.15) is 17.0 Å². The first-order chi connectivity index (χ1) is 9.13. The Morgan fingerprint density at radius 3 is 2.79 bits per heavy atom. The van der Waals surface area contributed by atoms with E-state index >= 15 is 0 Å². The van der Waals surface area contributed by atoms with Crippen LogP contribution in [0, 0.1) is 13.8 Å². The Labute approximate surface area is 113 Å². The number of aryl methyl sites for hydroxylation is 2. The van der Waals surface area contributed by atoms with Gasteiger partial charge < -0.3 is 14.6 Å². The molecule has 0 aliphatic carbocycles. The van der Waals surface area contributed by atoms with Crippen LogP contribution >= 0.6 is 0 Å². The molecular weight excluding hydrogens is 242 g/mol. The van der Waals surface area contributed by atoms with Gasteiger partial charge in [-0.1, -0.05) is 0 Å². The molecule has 0 radical (unpaired) electrons. The Bertz CT molecular complexity index is 543. The molecule has 2 aromatic heterocycles. The van der Waals surface area contributed by atoms with Crippen molar-refractivity contribution in [3.05, 3.63) is 29.3 Å². The van der Waals surface area contributed by atoms with E-state index in [0.717, 1.165) is 24.7 Å². The average Bonchev–Trinajstić information content (AvgIpc) is 2.92. The minimum atomic E-state index is 0.677. The Hall–Kier alpha value is -1.82. The van der Waals surface area contributed by atoms with Crippen LogP contribution in [-0.2, 0) is 24.9 Å². The van der Waals surface area contributed by atoms with Gasteiger partial charge in [0.2, 0.25) is 5.95 Å². The summed E-state index contributed by atoms with van der Waals surface area (Å²) in [6.07, 6.45) is 3.74. The van der Waals surface area contributed by atoms with Gasteiger partial charge in [0.05, 0.1) is 12.3 Å². The number of ether oxygens (including phenoxy) is 1. The van der Waals surface area contributed by atoms with Gasteiger partial charge in [-0.3, -0.25) is 4.68 Å². The van der Waals surface area contributed by atoms with Crippen LogP contribution in [-0.4, -0.2) is 33.0 Å². The zero-order chi connectivity index (χ0) is 13.8. The van der Waals surface area contributed by atoms with Crippen molar-refractivity contribution in [3.63, 3.8) is 0 Å². The third-order valence-electron chi connectivity index (χ3n) is 3.33. The number of methoxy groups -OCH3 is 1. The molecule has 0 amide bonds. The van der Waals surface area contributed by atoms with Crippen molar-refractivity contribution >= 4 is 5.95 Å². The molecule has 6 heteroatoms. The molecular formula is C13H21N5O. The number of hydrogen-bond acceptors (Lipinski definition) is 4. The number of hydrogen-bond donors (Lipinski definition) is 1. The van der Waals surface area contributed by atoms with E-state index in [-0.39, 0.29) is 0 Å². The van der Waals surface area contributed by atoms with Gasteiger partial charge in [-0.15, -0.1) is 0 Å². The quantitative estimate of drug-likeness (QED) is 0.858. The minimum Gasteiger partial charge on any atom is -0.383 e. The molecule has 0 aliphatic rings. The van der Waals surface area contributed by atoms with Crippen molar-refractivity contribution in [2.24, 2.45) is 7.05 Å². The lowest BCUT2D eigenvalue weighted by Gasteiger charge is -2.09. The van der Waals surface area contributed by atoms with Crippen LogP contribution in [0.4, 0.5) is 5.95 Å². The highest BCUT2D eigenvalue weighted by Gasteiger charge is 2.10. The first-order valence-electron chi connectivity index (χ1n) is 6.36. The van der Waals surface area contributed by atoms with Crippen molar-refractivity contribution in [2.45, 2.75) is 26.9 Å². The number of imidazole rings is 1. The molecule has 6 nitrogen and oxygen atoms in total. The molecule has 2 aromatic rings. The first-order valence-corrected chi connectivity index (χ1v) is 6.36. The monoisotopic (exact) mass is 263 g/mol. The highest BCUT2D eigenvalue weighted by Crippen LogP contribution is 2.14. The van der Waals surface area contributed by atoms with Crippen LogP contribution < -0.4 is 5.32 Å². The van der Waals surface area contributed by atoms with Gasteiger partial charge in [-0.05, 0) is 13.8 Å². The van der Waals surface area contributed by atoms with Crippen LogP contribution in [0.15, 0.2) is 12.4 Å². The Kier molecular flexibility index (Phi) is 4.21. The van der Waals surface area contributed by atoms with Crippen LogP contribution in [0.5, 0.6) is 0 Å². The van der Waals surface area contributed by atoms with Gasteiger partial charge in [0.15, 0.2) is 0 Å². The Balaban J connectivity index is 2.04. The highest BCUT2D eigenvalue weighted by molar-refractivity contribution is 5.32. The number of rotatable bonds is 6. The summed E-state index contributed by atoms with van der Waals surface area (Å²) in [5.41, 5.74) is 3.46. The van der Waals surface area contributed by atoms with Gasteiger partial charge in [-0.25, -0.2) is 4.98 Å². The van der Waals surface area contributed by atoms with E-state index in [2.05, 4.69) is 22.3 Å². The van der Waals surface area contributed by atoms with E-state index < -0.39 is 0 Å². The van der Waals surface area contributed by atoms with E-state index in [1.165, 1.54) is 11.3 Å². The summed E-state index contributed by atoms with van der Waals surface area (Å²) in [7, 11) is 3.66. The summed E-state index contributed by atoms with van der Waals surface area (Å²) in [5.74, 6) is 0.861. The van der Waals surface area contributed by atoms with Gasteiger partial charge in [0.1, 0.15) is 0 Å². The standard InChI is InChI=1S/C13H21N5O/c1-10-12(11(2)17(3)16-10)9-15-13-14-5-6-18(13)7-8-19-4/h5-6H,7-9H2,1-4H3,(H,14,15). The maximum Gasteiger partial charge on any atom is 0.203 e. The van der Waals surface area contributed by atoms with Crippen molar-refractivity contribution in [1.82, 2.24) is 19.3 Å². The van der Waals surface area contributed by atoms with Crippen LogP contribution in [0.25, 0.3) is 0 Å². The molecule has 0 saturated heterocycles. The molecule has 2 rings (SSSR count). The van der Waals surface area contributed by atoms with Gasteiger partial charge in [0.25, 0.3) is 0 Å². The number of nitrogens with zero attached hydrogens (tertiary/aromatic N) is 4. The van der Waals surface area contributed by atoms with Gasteiger partial charge in [0, 0.05) is 50.9 Å². The zero-order valence-corrected chi connectivity index (χ0v) is 12.0. The Morgan fingerprint density at radius 2 is 2.16 bits per heavy atom. The molecule has 0 fully saturated rings. The largest absolute Gasteiger partial charge is 0.383 e. The third-order valence-corrected chi connectivity index (χ3v) is 3.33. The molecule has 0 spiro atoms. The van der Waals surface area contributed by atoms with E-state index in [1.54, 1.807) is 13.3 Å². The molecule has 0 saturated carbocycles. The van der Waals surface area contributed by atoms with E-state index in [9.17, 15) is 0 Å². The third kappa shape index (κ3) is 2.96. The van der Waals surface area contributed by atoms with Crippen LogP contribution in [0.3, 0.4) is 0 Å². The topological polar surface area (TPSA) is 56.9 Å². The number of anilines is 1. The summed E-state index contributed by atoms with van der Waals surface area (Å²) < 4.78 is 9.04. The van der Waals surface area contributed by atoms with Gasteiger partial charge >= 0.3 is 0 Å². The van der Waals surface area contributed by atoms with E-state index in [1.807, 2.05) is 29.4 Å². The fourth-order valence-electron chi connectivity index (χ4n) is 2.09. The van der Waals surface area contributed by atoms with E-state index in [0.29, 0.717) is 6.61 Å². The predicted octanol–water partition coefficient (Wildman–Crippen LogP) is 1.49. The molecule has 0 atom stereocenters. The molecule has 0 bridgehead atoms. The smallest absolute Gasteiger partial charge is 0.203 e. The second kappa shape index (κ2) is 5.88. The molecule has 19 heavy (non-hydrogen) atoms. The lowest BCUT2D eigenvalue weighted by atomic mass is 10.2. The SMILES string of the molecule is COCCn1ccnc1NCc1c(C)nn(C)c1C. The Morgan fingerprint density at radius 1 is 1.37 bits per heavy atom. The van der Waals surface area contributed by atoms with Crippen LogP contribution in [0.2, 0.25) is 0 Å². The maximum absolute atomic E-state index is 5.08. The summed E-state index contributed by atoms with van der Waals surface area (Å²) >= 11 is 0. The lowest BCUT2D eigenvalue weighted by molar-refractivity contribution is 0.187.